The van der Waals surface area contributed by atoms with Crippen LogP contribution in [0.25, 0.3) is 0 Å². The summed E-state index contributed by atoms with van der Waals surface area (Å²) in [7, 11) is 0. The van der Waals surface area contributed by atoms with Crippen molar-refractivity contribution in [1.82, 2.24) is 0 Å². The Morgan fingerprint density at radius 1 is 0.731 bits per heavy atom. The number of hydrogen-bond acceptors (Lipinski definition) is 3. The van der Waals surface area contributed by atoms with Gasteiger partial charge in [-0.25, -0.2) is 4.79 Å². The number of para-hydroxylation sites is 2. The second-order valence-corrected chi connectivity index (χ2v) is 6.42. The first-order valence-electron chi connectivity index (χ1n) is 8.92. The Hall–Kier alpha value is -3.07. The summed E-state index contributed by atoms with van der Waals surface area (Å²) in [6.45, 7) is 4.25. The van der Waals surface area contributed by atoms with Crippen molar-refractivity contribution in [2.75, 3.05) is 0 Å². The molecule has 0 unspecified atom stereocenters. The summed E-state index contributed by atoms with van der Waals surface area (Å²) in [5, 5.41) is 0. The van der Waals surface area contributed by atoms with Gasteiger partial charge in [-0.05, 0) is 18.2 Å². The van der Waals surface area contributed by atoms with Crippen molar-refractivity contribution < 1.29 is 14.3 Å². The second kappa shape index (κ2) is 6.34. The zero-order valence-electron chi connectivity index (χ0n) is 14.9. The van der Waals surface area contributed by atoms with Gasteiger partial charge in [-0.1, -0.05) is 74.9 Å². The summed E-state index contributed by atoms with van der Waals surface area (Å²) >= 11 is 0. The van der Waals surface area contributed by atoms with Crippen molar-refractivity contribution in [3.63, 3.8) is 0 Å². The molecule has 0 bridgehead atoms. The average molecular weight is 344 g/mol. The summed E-state index contributed by atoms with van der Waals surface area (Å²) in [5.74, 6) is 1.14. The molecule has 0 N–H and O–H groups in total. The smallest absolute Gasteiger partial charge is 0.340 e. The summed E-state index contributed by atoms with van der Waals surface area (Å²) in [5.41, 5.74) is 2.26. The molecule has 2 heterocycles. The number of fused-ring (bicyclic) bond motifs is 6. The normalized spacial score (nSPS) is 14.9. The molecule has 0 saturated carbocycles. The first-order valence-corrected chi connectivity index (χ1v) is 8.92. The van der Waals surface area contributed by atoms with Gasteiger partial charge in [0.05, 0.1) is 5.56 Å². The number of rotatable bonds is 0. The van der Waals surface area contributed by atoms with Crippen molar-refractivity contribution in [2.24, 2.45) is 0 Å². The SMILES string of the molecule is CCC.O=C1OC2(c3ccccc3Oc3ccccc32)c2ccccc21. The highest BCUT2D eigenvalue weighted by atomic mass is 16.6. The Labute approximate surface area is 153 Å². The lowest BCUT2D eigenvalue weighted by Gasteiger charge is -2.36. The molecule has 2 aliphatic heterocycles. The van der Waals surface area contributed by atoms with Gasteiger partial charge in [-0.3, -0.25) is 0 Å². The van der Waals surface area contributed by atoms with Crippen molar-refractivity contribution in [2.45, 2.75) is 25.9 Å². The topological polar surface area (TPSA) is 35.5 Å². The van der Waals surface area contributed by atoms with E-state index in [0.29, 0.717) is 5.56 Å². The highest BCUT2D eigenvalue weighted by Gasteiger charge is 2.53. The van der Waals surface area contributed by atoms with Crippen LogP contribution < -0.4 is 4.74 Å². The van der Waals surface area contributed by atoms with E-state index in [1.165, 1.54) is 6.42 Å². The molecule has 0 amide bonds. The third kappa shape index (κ3) is 2.24. The largest absolute Gasteiger partial charge is 0.456 e. The summed E-state index contributed by atoms with van der Waals surface area (Å²) < 4.78 is 12.0. The second-order valence-electron chi connectivity index (χ2n) is 6.42. The molecule has 2 aliphatic rings. The molecule has 0 aromatic heterocycles. The molecule has 26 heavy (non-hydrogen) atoms. The van der Waals surface area contributed by atoms with Crippen LogP contribution in [0.4, 0.5) is 0 Å². The zero-order valence-corrected chi connectivity index (χ0v) is 14.9. The van der Waals surface area contributed by atoms with Crippen LogP contribution in [-0.4, -0.2) is 5.97 Å². The Balaban J connectivity index is 0.000000527. The molecule has 5 rings (SSSR count). The van der Waals surface area contributed by atoms with E-state index in [4.69, 9.17) is 9.47 Å². The first-order chi connectivity index (χ1) is 12.7. The van der Waals surface area contributed by atoms with E-state index >= 15 is 0 Å². The van der Waals surface area contributed by atoms with Crippen molar-refractivity contribution in [3.05, 3.63) is 95.1 Å². The van der Waals surface area contributed by atoms with Gasteiger partial charge < -0.3 is 9.47 Å². The maximum Gasteiger partial charge on any atom is 0.340 e. The maximum atomic E-state index is 12.5. The van der Waals surface area contributed by atoms with Gasteiger partial charge in [0.1, 0.15) is 11.5 Å². The van der Waals surface area contributed by atoms with Crippen LogP contribution in [0.2, 0.25) is 0 Å². The zero-order chi connectivity index (χ0) is 18.1. The summed E-state index contributed by atoms with van der Waals surface area (Å²) in [6, 6.07) is 23.0. The van der Waals surface area contributed by atoms with E-state index in [1.54, 1.807) is 0 Å². The third-order valence-corrected chi connectivity index (χ3v) is 4.52. The molecule has 0 saturated heterocycles. The van der Waals surface area contributed by atoms with E-state index in [1.807, 2.05) is 72.8 Å². The molecule has 130 valence electrons. The minimum atomic E-state index is -0.931. The molecule has 0 aliphatic carbocycles. The highest BCUT2D eigenvalue weighted by molar-refractivity contribution is 5.97. The monoisotopic (exact) mass is 344 g/mol. The number of ether oxygens (including phenoxy) is 2. The Morgan fingerprint density at radius 2 is 1.19 bits per heavy atom. The van der Waals surface area contributed by atoms with Gasteiger partial charge in [-0.2, -0.15) is 0 Å². The van der Waals surface area contributed by atoms with Crippen LogP contribution in [0.5, 0.6) is 11.5 Å². The van der Waals surface area contributed by atoms with Crippen molar-refractivity contribution in [3.8, 4) is 11.5 Å². The van der Waals surface area contributed by atoms with Gasteiger partial charge >= 0.3 is 5.97 Å². The molecular formula is C23H20O3. The number of esters is 1. The molecule has 3 aromatic rings. The summed E-state index contributed by atoms with van der Waals surface area (Å²) in [4.78, 5) is 12.5. The van der Waals surface area contributed by atoms with Crippen molar-refractivity contribution >= 4 is 5.97 Å². The van der Waals surface area contributed by atoms with Crippen LogP contribution >= 0.6 is 0 Å². The van der Waals surface area contributed by atoms with Gasteiger partial charge in [0.2, 0.25) is 0 Å². The quantitative estimate of drug-likeness (QED) is 0.493. The van der Waals surface area contributed by atoms with Crippen LogP contribution in [0.3, 0.4) is 0 Å². The predicted molar refractivity (Wildman–Crippen MR) is 101 cm³/mol. The van der Waals surface area contributed by atoms with Crippen molar-refractivity contribution in [1.29, 1.82) is 0 Å². The highest BCUT2D eigenvalue weighted by Crippen LogP contribution is 2.55. The molecule has 0 fully saturated rings. The Bertz CT molecular complexity index is 929. The lowest BCUT2D eigenvalue weighted by atomic mass is 9.78. The van der Waals surface area contributed by atoms with Crippen LogP contribution in [0.1, 0.15) is 47.3 Å². The van der Waals surface area contributed by atoms with Crippen LogP contribution in [0.15, 0.2) is 72.8 Å². The van der Waals surface area contributed by atoms with Gasteiger partial charge in [0, 0.05) is 16.7 Å². The standard InChI is InChI=1S/C20H12O3.C3H8/c21-19-13-7-1-2-8-14(13)20(23-19)15-9-3-5-11-17(15)22-18-12-6-4-10-16(18)20;1-3-2/h1-12H;3H2,1-2H3. The fourth-order valence-corrected chi connectivity index (χ4v) is 3.57. The number of hydrogen-bond donors (Lipinski definition) is 0. The Morgan fingerprint density at radius 3 is 1.77 bits per heavy atom. The van der Waals surface area contributed by atoms with E-state index in [9.17, 15) is 4.79 Å². The Kier molecular flexibility index (Phi) is 4.00. The molecule has 3 nitrogen and oxygen atoms in total. The molecule has 3 aromatic carbocycles. The van der Waals surface area contributed by atoms with Gasteiger partial charge in [-0.15, -0.1) is 0 Å². The first kappa shape index (κ1) is 16.4. The number of carbonyl (C=O) groups is 1. The number of carbonyl (C=O) groups excluding carboxylic acids is 1. The molecule has 1 spiro atoms. The third-order valence-electron chi connectivity index (χ3n) is 4.52. The molecule has 0 radical (unpaired) electrons. The molecular weight excluding hydrogens is 324 g/mol. The van der Waals surface area contributed by atoms with E-state index < -0.39 is 5.60 Å². The average Bonchev–Trinajstić information content (AvgIpc) is 2.97. The maximum absolute atomic E-state index is 12.5. The minimum Gasteiger partial charge on any atom is -0.456 e. The number of benzene rings is 3. The van der Waals surface area contributed by atoms with E-state index in [0.717, 1.165) is 28.2 Å². The predicted octanol–water partition coefficient (Wildman–Crippen LogP) is 5.67. The van der Waals surface area contributed by atoms with Gasteiger partial charge in [0.15, 0.2) is 5.60 Å². The summed E-state index contributed by atoms with van der Waals surface area (Å²) in [6.07, 6.45) is 1.25. The fraction of sp³-hybridized carbons (Fsp3) is 0.174. The lowest BCUT2D eigenvalue weighted by molar-refractivity contribution is 0.0224. The van der Waals surface area contributed by atoms with Crippen LogP contribution in [0, 0.1) is 0 Å². The van der Waals surface area contributed by atoms with E-state index in [2.05, 4.69) is 13.8 Å². The fourth-order valence-electron chi connectivity index (χ4n) is 3.57. The molecule has 3 heteroatoms. The van der Waals surface area contributed by atoms with Crippen LogP contribution in [-0.2, 0) is 10.3 Å². The van der Waals surface area contributed by atoms with Gasteiger partial charge in [0.25, 0.3) is 0 Å². The lowest BCUT2D eigenvalue weighted by Crippen LogP contribution is -2.32. The minimum absolute atomic E-state index is 0.299. The molecule has 0 atom stereocenters. The van der Waals surface area contributed by atoms with E-state index in [-0.39, 0.29) is 5.97 Å².